The highest BCUT2D eigenvalue weighted by Gasteiger charge is 2.50. The Morgan fingerprint density at radius 1 is 1.42 bits per heavy atom. The molecule has 0 aromatic carbocycles. The zero-order valence-corrected chi connectivity index (χ0v) is 7.11. The molecule has 2 saturated heterocycles. The Bertz CT molecular complexity index is 233. The van der Waals surface area contributed by atoms with Crippen LogP contribution < -0.4 is 0 Å². The van der Waals surface area contributed by atoms with E-state index < -0.39 is 11.9 Å². The van der Waals surface area contributed by atoms with Crippen molar-refractivity contribution in [2.45, 2.75) is 37.9 Å². The monoisotopic (exact) mass is 169 g/mol. The van der Waals surface area contributed by atoms with Crippen molar-refractivity contribution in [1.82, 2.24) is 0 Å². The lowest BCUT2D eigenvalue weighted by Crippen LogP contribution is -2.28. The van der Waals surface area contributed by atoms with Gasteiger partial charge in [0.15, 0.2) is 11.9 Å². The maximum absolute atomic E-state index is 8.67. The van der Waals surface area contributed by atoms with Gasteiger partial charge in [-0.15, -0.1) is 0 Å². The fourth-order valence-electron chi connectivity index (χ4n) is 1.65. The average molecular weight is 169 g/mol. The SMILES string of the molecule is CC1(C)OC2COC(C#N)C2O1. The molecular formula is C8H11NO3. The van der Waals surface area contributed by atoms with Crippen molar-refractivity contribution in [3.63, 3.8) is 0 Å². The lowest BCUT2D eigenvalue weighted by molar-refractivity contribution is -0.170. The first-order chi connectivity index (χ1) is 5.62. The summed E-state index contributed by atoms with van der Waals surface area (Å²) in [4.78, 5) is 0. The second-order valence-electron chi connectivity index (χ2n) is 3.52. The molecule has 0 saturated carbocycles. The van der Waals surface area contributed by atoms with Crippen molar-refractivity contribution in [2.75, 3.05) is 6.61 Å². The molecule has 0 aliphatic carbocycles. The van der Waals surface area contributed by atoms with E-state index >= 15 is 0 Å². The van der Waals surface area contributed by atoms with E-state index in [1.165, 1.54) is 0 Å². The van der Waals surface area contributed by atoms with Gasteiger partial charge in [0.2, 0.25) is 0 Å². The van der Waals surface area contributed by atoms with E-state index in [1.54, 1.807) is 0 Å². The van der Waals surface area contributed by atoms with Crippen LogP contribution in [0.5, 0.6) is 0 Å². The summed E-state index contributed by atoms with van der Waals surface area (Å²) in [6, 6.07) is 2.05. The van der Waals surface area contributed by atoms with Crippen molar-refractivity contribution in [2.24, 2.45) is 0 Å². The lowest BCUT2D eigenvalue weighted by atomic mass is 10.2. The smallest absolute Gasteiger partial charge is 0.172 e. The molecule has 12 heavy (non-hydrogen) atoms. The molecule has 2 rings (SSSR count). The molecule has 2 heterocycles. The predicted molar refractivity (Wildman–Crippen MR) is 39.2 cm³/mol. The molecule has 4 heteroatoms. The molecule has 4 nitrogen and oxygen atoms in total. The summed E-state index contributed by atoms with van der Waals surface area (Å²) in [5.74, 6) is -0.561. The molecule has 3 atom stereocenters. The molecule has 0 N–H and O–H groups in total. The minimum absolute atomic E-state index is 0.0651. The highest BCUT2D eigenvalue weighted by atomic mass is 16.8. The maximum atomic E-state index is 8.67. The normalized spacial score (nSPS) is 43.9. The number of hydrogen-bond donors (Lipinski definition) is 0. The van der Waals surface area contributed by atoms with Crippen LogP contribution in [0.15, 0.2) is 0 Å². The molecule has 0 aromatic heterocycles. The van der Waals surface area contributed by atoms with Crippen LogP contribution >= 0.6 is 0 Å². The molecule has 0 radical (unpaired) electrons. The third-order valence-electron chi connectivity index (χ3n) is 2.09. The van der Waals surface area contributed by atoms with Crippen LogP contribution in [0.25, 0.3) is 0 Å². The fourth-order valence-corrected chi connectivity index (χ4v) is 1.65. The topological polar surface area (TPSA) is 51.5 Å². The number of nitrogens with zero attached hydrogens (tertiary/aromatic N) is 1. The lowest BCUT2D eigenvalue weighted by Gasteiger charge is -2.18. The number of nitriles is 1. The third kappa shape index (κ3) is 1.11. The second kappa shape index (κ2) is 2.43. The Hall–Kier alpha value is -0.630. The second-order valence-corrected chi connectivity index (χ2v) is 3.52. The van der Waals surface area contributed by atoms with Crippen molar-refractivity contribution in [1.29, 1.82) is 5.26 Å². The van der Waals surface area contributed by atoms with Gasteiger partial charge < -0.3 is 14.2 Å². The van der Waals surface area contributed by atoms with E-state index in [0.29, 0.717) is 6.61 Å². The third-order valence-corrected chi connectivity index (χ3v) is 2.09. The molecule has 0 bridgehead atoms. The van der Waals surface area contributed by atoms with E-state index in [0.717, 1.165) is 0 Å². The van der Waals surface area contributed by atoms with Crippen molar-refractivity contribution < 1.29 is 14.2 Å². The Morgan fingerprint density at radius 2 is 2.17 bits per heavy atom. The van der Waals surface area contributed by atoms with Gasteiger partial charge in [-0.25, -0.2) is 0 Å². The Morgan fingerprint density at radius 3 is 2.83 bits per heavy atom. The van der Waals surface area contributed by atoms with Gasteiger partial charge in [0.05, 0.1) is 12.7 Å². The van der Waals surface area contributed by atoms with Crippen LogP contribution in [0.4, 0.5) is 0 Å². The molecule has 3 unspecified atom stereocenters. The minimum Gasteiger partial charge on any atom is -0.358 e. The van der Waals surface area contributed by atoms with Crippen LogP contribution in [0.2, 0.25) is 0 Å². The summed E-state index contributed by atoms with van der Waals surface area (Å²) >= 11 is 0. The average Bonchev–Trinajstić information content (AvgIpc) is 2.42. The van der Waals surface area contributed by atoms with Crippen molar-refractivity contribution in [3.05, 3.63) is 0 Å². The van der Waals surface area contributed by atoms with Gasteiger partial charge in [0, 0.05) is 0 Å². The van der Waals surface area contributed by atoms with Gasteiger partial charge in [-0.2, -0.15) is 5.26 Å². The van der Waals surface area contributed by atoms with E-state index in [4.69, 9.17) is 19.5 Å². The van der Waals surface area contributed by atoms with Crippen LogP contribution in [0, 0.1) is 11.3 Å². The summed E-state index contributed by atoms with van der Waals surface area (Å²) in [6.07, 6.45) is -0.730. The van der Waals surface area contributed by atoms with E-state index in [9.17, 15) is 0 Å². The maximum Gasteiger partial charge on any atom is 0.172 e. The van der Waals surface area contributed by atoms with Crippen LogP contribution in [-0.4, -0.2) is 30.7 Å². The summed E-state index contributed by atoms with van der Waals surface area (Å²) in [6.45, 7) is 4.16. The first-order valence-electron chi connectivity index (χ1n) is 3.99. The summed E-state index contributed by atoms with van der Waals surface area (Å²) in [5.41, 5.74) is 0. The Balaban J connectivity index is 2.12. The van der Waals surface area contributed by atoms with Crippen LogP contribution in [0.3, 0.4) is 0 Å². The molecule has 66 valence electrons. The molecule has 0 aromatic rings. The largest absolute Gasteiger partial charge is 0.358 e. The molecule has 2 fully saturated rings. The van der Waals surface area contributed by atoms with Gasteiger partial charge in [0.25, 0.3) is 0 Å². The van der Waals surface area contributed by atoms with Crippen LogP contribution in [0.1, 0.15) is 13.8 Å². The highest BCUT2D eigenvalue weighted by Crippen LogP contribution is 2.34. The number of hydrogen-bond acceptors (Lipinski definition) is 4. The first kappa shape index (κ1) is 7.99. The molecule has 2 aliphatic heterocycles. The summed E-state index contributed by atoms with van der Waals surface area (Å²) in [7, 11) is 0. The molecule has 2 aliphatic rings. The van der Waals surface area contributed by atoms with E-state index in [2.05, 4.69) is 0 Å². The highest BCUT2D eigenvalue weighted by molar-refractivity contribution is 5.02. The van der Waals surface area contributed by atoms with Crippen molar-refractivity contribution in [3.8, 4) is 6.07 Å². The van der Waals surface area contributed by atoms with E-state index in [-0.39, 0.29) is 12.2 Å². The van der Waals surface area contributed by atoms with Crippen molar-refractivity contribution >= 4 is 0 Å². The molecule has 0 amide bonds. The Labute approximate surface area is 71.0 Å². The standard InChI is InChI=1S/C8H11NO3/c1-8(2)11-6-4-10-5(3-9)7(6)12-8/h5-7H,4H2,1-2H3. The van der Waals surface area contributed by atoms with Crippen LogP contribution in [-0.2, 0) is 14.2 Å². The Kier molecular flexibility index (Phi) is 1.62. The fraction of sp³-hybridized carbons (Fsp3) is 0.875. The predicted octanol–water partition coefficient (Wildman–Crippen LogP) is 0.429. The molecular weight excluding hydrogens is 158 g/mol. The van der Waals surface area contributed by atoms with Gasteiger partial charge in [-0.05, 0) is 13.8 Å². The minimum atomic E-state index is -0.561. The zero-order valence-electron chi connectivity index (χ0n) is 7.11. The molecule has 0 spiro atoms. The summed E-state index contributed by atoms with van der Waals surface area (Å²) in [5, 5.41) is 8.67. The van der Waals surface area contributed by atoms with Gasteiger partial charge >= 0.3 is 0 Å². The van der Waals surface area contributed by atoms with Gasteiger partial charge in [0.1, 0.15) is 12.2 Å². The van der Waals surface area contributed by atoms with E-state index in [1.807, 2.05) is 19.9 Å². The number of fused-ring (bicyclic) bond motifs is 1. The quantitative estimate of drug-likeness (QED) is 0.527. The first-order valence-corrected chi connectivity index (χ1v) is 3.99. The number of ether oxygens (including phenoxy) is 3. The van der Waals surface area contributed by atoms with Gasteiger partial charge in [-0.1, -0.05) is 0 Å². The van der Waals surface area contributed by atoms with Gasteiger partial charge in [-0.3, -0.25) is 0 Å². The zero-order chi connectivity index (χ0) is 8.77. The summed E-state index contributed by atoms with van der Waals surface area (Å²) < 4.78 is 16.2. The number of rotatable bonds is 0.